The average Bonchev–Trinajstić information content (AvgIpc) is 2.39. The summed E-state index contributed by atoms with van der Waals surface area (Å²) in [6.45, 7) is 0. The lowest BCUT2D eigenvalue weighted by atomic mass is 10.1. The van der Waals surface area contributed by atoms with E-state index in [0.29, 0.717) is 5.56 Å². The van der Waals surface area contributed by atoms with E-state index in [-0.39, 0.29) is 12.1 Å². The number of amides is 1. The van der Waals surface area contributed by atoms with Crippen molar-refractivity contribution in [3.63, 3.8) is 0 Å². The summed E-state index contributed by atoms with van der Waals surface area (Å²) in [5.41, 5.74) is 2.56. The minimum Gasteiger partial charge on any atom is -0.361 e. The highest BCUT2D eigenvalue weighted by atomic mass is 79.9. The van der Waals surface area contributed by atoms with Crippen molar-refractivity contribution in [2.24, 2.45) is 0 Å². The van der Waals surface area contributed by atoms with Crippen molar-refractivity contribution in [1.29, 1.82) is 0 Å². The molecule has 1 unspecified atom stereocenters. The quantitative estimate of drug-likeness (QED) is 0.848. The maximum absolute atomic E-state index is 12.0. The van der Waals surface area contributed by atoms with E-state index < -0.39 is 0 Å². The van der Waals surface area contributed by atoms with Gasteiger partial charge in [-0.3, -0.25) is 4.79 Å². The van der Waals surface area contributed by atoms with Gasteiger partial charge in [0.15, 0.2) is 0 Å². The van der Waals surface area contributed by atoms with Crippen molar-refractivity contribution < 1.29 is 4.79 Å². The molecule has 0 aromatic heterocycles. The molecule has 1 atom stereocenters. The fourth-order valence-corrected chi connectivity index (χ4v) is 2.59. The van der Waals surface area contributed by atoms with Gasteiger partial charge in [-0.1, -0.05) is 46.3 Å². The van der Waals surface area contributed by atoms with Gasteiger partial charge in [-0.05, 0) is 18.2 Å². The molecule has 3 rings (SSSR count). The van der Waals surface area contributed by atoms with Gasteiger partial charge in [0, 0.05) is 15.7 Å². The van der Waals surface area contributed by atoms with Crippen LogP contribution in [0.3, 0.4) is 0 Å². The summed E-state index contributed by atoms with van der Waals surface area (Å²) in [4.78, 5) is 12.0. The summed E-state index contributed by atoms with van der Waals surface area (Å²) in [6, 6.07) is 15.4. The Hall–Kier alpha value is -1.81. The predicted octanol–water partition coefficient (Wildman–Crippen LogP) is 3.30. The van der Waals surface area contributed by atoms with Crippen molar-refractivity contribution in [3.05, 3.63) is 64.1 Å². The fraction of sp³-hybridized carbons (Fsp3) is 0.0714. The zero-order valence-corrected chi connectivity index (χ0v) is 11.1. The van der Waals surface area contributed by atoms with Gasteiger partial charge in [-0.15, -0.1) is 0 Å². The van der Waals surface area contributed by atoms with Crippen molar-refractivity contribution in [2.45, 2.75) is 6.17 Å². The molecule has 0 fully saturated rings. The van der Waals surface area contributed by atoms with Crippen molar-refractivity contribution in [2.75, 3.05) is 5.32 Å². The molecule has 2 aromatic carbocycles. The van der Waals surface area contributed by atoms with Crippen LogP contribution in [-0.4, -0.2) is 5.91 Å². The van der Waals surface area contributed by atoms with Crippen molar-refractivity contribution in [1.82, 2.24) is 5.32 Å². The number of hydrogen-bond donors (Lipinski definition) is 2. The summed E-state index contributed by atoms with van der Waals surface area (Å²) >= 11 is 3.50. The molecule has 0 saturated carbocycles. The highest BCUT2D eigenvalue weighted by Crippen LogP contribution is 2.29. The molecule has 0 aliphatic carbocycles. The van der Waals surface area contributed by atoms with E-state index >= 15 is 0 Å². The maximum Gasteiger partial charge on any atom is 0.255 e. The number of anilines is 1. The van der Waals surface area contributed by atoms with Crippen molar-refractivity contribution >= 4 is 27.5 Å². The minimum atomic E-state index is -0.206. The predicted molar refractivity (Wildman–Crippen MR) is 74.4 cm³/mol. The van der Waals surface area contributed by atoms with E-state index in [1.54, 1.807) is 0 Å². The molecule has 90 valence electrons. The van der Waals surface area contributed by atoms with Crippen LogP contribution in [0, 0.1) is 0 Å². The molecule has 2 N–H and O–H groups in total. The molecule has 0 bridgehead atoms. The lowest BCUT2D eigenvalue weighted by Crippen LogP contribution is -2.38. The Labute approximate surface area is 113 Å². The van der Waals surface area contributed by atoms with Gasteiger partial charge in [0.25, 0.3) is 5.91 Å². The first-order valence-electron chi connectivity index (χ1n) is 5.66. The molecule has 0 spiro atoms. The van der Waals surface area contributed by atoms with Crippen LogP contribution in [0.25, 0.3) is 0 Å². The smallest absolute Gasteiger partial charge is 0.255 e. The SMILES string of the molecule is O=C1NC(c2ccccc2Br)Nc2ccccc21. The average molecular weight is 303 g/mol. The van der Waals surface area contributed by atoms with E-state index in [0.717, 1.165) is 15.7 Å². The second-order valence-electron chi connectivity index (χ2n) is 4.12. The number of para-hydroxylation sites is 1. The van der Waals surface area contributed by atoms with Crippen LogP contribution in [-0.2, 0) is 0 Å². The van der Waals surface area contributed by atoms with Crippen LogP contribution < -0.4 is 10.6 Å². The van der Waals surface area contributed by atoms with Crippen LogP contribution in [0.4, 0.5) is 5.69 Å². The number of nitrogens with one attached hydrogen (secondary N) is 2. The zero-order valence-electron chi connectivity index (χ0n) is 9.48. The molecule has 0 saturated heterocycles. The second kappa shape index (κ2) is 4.46. The maximum atomic E-state index is 12.0. The molecule has 1 aliphatic rings. The molecular weight excluding hydrogens is 292 g/mol. The van der Waals surface area contributed by atoms with Gasteiger partial charge in [0.1, 0.15) is 6.17 Å². The number of halogens is 1. The Kier molecular flexibility index (Phi) is 2.80. The number of carbonyl (C=O) groups excluding carboxylic acids is 1. The Morgan fingerprint density at radius 1 is 0.944 bits per heavy atom. The van der Waals surface area contributed by atoms with E-state index in [1.807, 2.05) is 48.5 Å². The molecular formula is C14H11BrN2O. The molecule has 1 amide bonds. The Morgan fingerprint density at radius 2 is 1.67 bits per heavy atom. The molecule has 2 aromatic rings. The highest BCUT2D eigenvalue weighted by molar-refractivity contribution is 9.10. The molecule has 18 heavy (non-hydrogen) atoms. The summed E-state index contributed by atoms with van der Waals surface area (Å²) in [6.07, 6.45) is -0.206. The second-order valence-corrected chi connectivity index (χ2v) is 4.97. The minimum absolute atomic E-state index is 0.0508. The van der Waals surface area contributed by atoms with Crippen LogP contribution >= 0.6 is 15.9 Å². The summed E-state index contributed by atoms with van der Waals surface area (Å²) < 4.78 is 0.974. The highest BCUT2D eigenvalue weighted by Gasteiger charge is 2.24. The van der Waals surface area contributed by atoms with Gasteiger partial charge in [0.2, 0.25) is 0 Å². The van der Waals surface area contributed by atoms with Crippen molar-refractivity contribution in [3.8, 4) is 0 Å². The Bertz CT molecular complexity index is 612. The van der Waals surface area contributed by atoms with Gasteiger partial charge in [-0.25, -0.2) is 0 Å². The standard InChI is InChI=1S/C14H11BrN2O/c15-11-7-3-1-5-9(11)13-16-12-8-4-2-6-10(12)14(18)17-13/h1-8,13,16H,(H,17,18). The number of rotatable bonds is 1. The lowest BCUT2D eigenvalue weighted by Gasteiger charge is -2.28. The van der Waals surface area contributed by atoms with E-state index in [1.165, 1.54) is 0 Å². The molecule has 1 heterocycles. The topological polar surface area (TPSA) is 41.1 Å². The zero-order chi connectivity index (χ0) is 12.5. The Morgan fingerprint density at radius 3 is 2.50 bits per heavy atom. The molecule has 3 nitrogen and oxygen atoms in total. The van der Waals surface area contributed by atoms with Crippen LogP contribution in [0.15, 0.2) is 53.0 Å². The van der Waals surface area contributed by atoms with Gasteiger partial charge >= 0.3 is 0 Å². The number of hydrogen-bond acceptors (Lipinski definition) is 2. The third kappa shape index (κ3) is 1.88. The molecule has 1 aliphatic heterocycles. The van der Waals surface area contributed by atoms with Gasteiger partial charge in [-0.2, -0.15) is 0 Å². The first-order chi connectivity index (χ1) is 8.75. The third-order valence-electron chi connectivity index (χ3n) is 2.96. The first kappa shape index (κ1) is 11.3. The van der Waals surface area contributed by atoms with Crippen LogP contribution in [0.1, 0.15) is 22.1 Å². The molecule has 4 heteroatoms. The van der Waals surface area contributed by atoms with Gasteiger partial charge in [0.05, 0.1) is 5.56 Å². The van der Waals surface area contributed by atoms with E-state index in [2.05, 4.69) is 26.6 Å². The molecule has 0 radical (unpaired) electrons. The number of benzene rings is 2. The fourth-order valence-electron chi connectivity index (χ4n) is 2.07. The van der Waals surface area contributed by atoms with E-state index in [4.69, 9.17) is 0 Å². The van der Waals surface area contributed by atoms with Crippen LogP contribution in [0.5, 0.6) is 0 Å². The van der Waals surface area contributed by atoms with E-state index in [9.17, 15) is 4.79 Å². The Balaban J connectivity index is 2.00. The lowest BCUT2D eigenvalue weighted by molar-refractivity contribution is 0.0935. The summed E-state index contributed by atoms with van der Waals surface area (Å²) in [5.74, 6) is -0.0508. The number of fused-ring (bicyclic) bond motifs is 1. The number of carbonyl (C=O) groups is 1. The summed E-state index contributed by atoms with van der Waals surface area (Å²) in [7, 11) is 0. The summed E-state index contributed by atoms with van der Waals surface area (Å²) in [5, 5.41) is 6.27. The largest absolute Gasteiger partial charge is 0.361 e. The normalized spacial score (nSPS) is 17.6. The van der Waals surface area contributed by atoms with Gasteiger partial charge < -0.3 is 10.6 Å². The monoisotopic (exact) mass is 302 g/mol. The van der Waals surface area contributed by atoms with Crippen LogP contribution in [0.2, 0.25) is 0 Å². The third-order valence-corrected chi connectivity index (χ3v) is 3.69. The first-order valence-corrected chi connectivity index (χ1v) is 6.46.